The molecule has 1 amide bonds. The number of hydrogen-bond acceptors (Lipinski definition) is 6. The molecule has 4 rings (SSSR count). The van der Waals surface area contributed by atoms with E-state index in [0.29, 0.717) is 28.7 Å². The maximum Gasteiger partial charge on any atom is 0.233 e. The number of thiophene rings is 1. The first-order valence-electron chi connectivity index (χ1n) is 9.50. The molecule has 0 aromatic carbocycles. The average Bonchev–Trinajstić information content (AvgIpc) is 2.93. The van der Waals surface area contributed by atoms with Crippen LogP contribution in [0.15, 0.2) is 5.16 Å². The number of likely N-dealkylation sites (tertiary alicyclic amines) is 1. The Morgan fingerprint density at radius 2 is 2.00 bits per heavy atom. The quantitative estimate of drug-likeness (QED) is 0.629. The van der Waals surface area contributed by atoms with E-state index in [2.05, 4.69) is 28.7 Å². The first-order chi connectivity index (χ1) is 12.5. The van der Waals surface area contributed by atoms with Gasteiger partial charge < -0.3 is 10.6 Å². The van der Waals surface area contributed by atoms with Gasteiger partial charge in [0, 0.05) is 17.5 Å². The lowest BCUT2D eigenvalue weighted by atomic mass is 9.78. The second-order valence-corrected chi connectivity index (χ2v) is 9.63. The summed E-state index contributed by atoms with van der Waals surface area (Å²) < 4.78 is 0. The zero-order valence-electron chi connectivity index (χ0n) is 15.5. The predicted octanol–water partition coefficient (Wildman–Crippen LogP) is 4.16. The standard InChI is InChI=1S/C19H26N4OS2/c1-11-12(2)26-18-16(11)17(20)21-19(22-18)25-10-15(24)23-9-5-7-13-6-3-4-8-14(13)23/h13-14H,3-10H2,1-2H3,(H2,20,21,22). The van der Waals surface area contributed by atoms with Crippen LogP contribution in [0, 0.1) is 19.8 Å². The molecule has 2 N–H and O–H groups in total. The van der Waals surface area contributed by atoms with Crippen molar-refractivity contribution in [1.29, 1.82) is 0 Å². The number of nitrogens with two attached hydrogens (primary N) is 1. The van der Waals surface area contributed by atoms with Gasteiger partial charge >= 0.3 is 0 Å². The van der Waals surface area contributed by atoms with E-state index in [1.807, 2.05) is 0 Å². The van der Waals surface area contributed by atoms with Crippen molar-refractivity contribution in [2.45, 2.75) is 63.6 Å². The van der Waals surface area contributed by atoms with Crippen molar-refractivity contribution in [2.75, 3.05) is 18.0 Å². The highest BCUT2D eigenvalue weighted by molar-refractivity contribution is 7.99. The lowest BCUT2D eigenvalue weighted by Crippen LogP contribution is -2.50. The number of anilines is 1. The van der Waals surface area contributed by atoms with Gasteiger partial charge in [-0.3, -0.25) is 4.79 Å². The van der Waals surface area contributed by atoms with E-state index in [9.17, 15) is 4.79 Å². The molecule has 1 aliphatic heterocycles. The van der Waals surface area contributed by atoms with Crippen molar-refractivity contribution in [1.82, 2.24) is 14.9 Å². The minimum Gasteiger partial charge on any atom is -0.383 e. The maximum absolute atomic E-state index is 12.9. The van der Waals surface area contributed by atoms with Crippen molar-refractivity contribution in [3.05, 3.63) is 10.4 Å². The van der Waals surface area contributed by atoms with Gasteiger partial charge in [0.15, 0.2) is 5.16 Å². The lowest BCUT2D eigenvalue weighted by molar-refractivity contribution is -0.134. The molecule has 2 aromatic rings. The lowest BCUT2D eigenvalue weighted by Gasteiger charge is -2.44. The number of hydrogen-bond donors (Lipinski definition) is 1. The Labute approximate surface area is 162 Å². The van der Waals surface area contributed by atoms with Crippen molar-refractivity contribution in [2.24, 2.45) is 5.92 Å². The number of amides is 1. The highest BCUT2D eigenvalue weighted by atomic mass is 32.2. The molecule has 2 atom stereocenters. The van der Waals surface area contributed by atoms with Gasteiger partial charge in [-0.05, 0) is 51.0 Å². The first kappa shape index (κ1) is 18.0. The summed E-state index contributed by atoms with van der Waals surface area (Å²) in [6, 6.07) is 0.460. The van der Waals surface area contributed by atoms with Gasteiger partial charge in [-0.2, -0.15) is 0 Å². The Morgan fingerprint density at radius 1 is 1.23 bits per heavy atom. The van der Waals surface area contributed by atoms with Crippen LogP contribution in [0.2, 0.25) is 0 Å². The van der Waals surface area contributed by atoms with Crippen LogP contribution in [0.1, 0.15) is 49.0 Å². The topological polar surface area (TPSA) is 72.1 Å². The predicted molar refractivity (Wildman–Crippen MR) is 109 cm³/mol. The number of rotatable bonds is 3. The summed E-state index contributed by atoms with van der Waals surface area (Å²) >= 11 is 3.06. The molecule has 140 valence electrons. The highest BCUT2D eigenvalue weighted by Crippen LogP contribution is 2.36. The van der Waals surface area contributed by atoms with Crippen LogP contribution in [-0.2, 0) is 4.79 Å². The molecule has 1 saturated heterocycles. The fourth-order valence-electron chi connectivity index (χ4n) is 4.47. The summed E-state index contributed by atoms with van der Waals surface area (Å²) in [5.41, 5.74) is 7.31. The minimum absolute atomic E-state index is 0.229. The Balaban J connectivity index is 1.46. The van der Waals surface area contributed by atoms with E-state index in [4.69, 9.17) is 5.73 Å². The van der Waals surface area contributed by atoms with Crippen molar-refractivity contribution < 1.29 is 4.79 Å². The summed E-state index contributed by atoms with van der Waals surface area (Å²) in [4.78, 5) is 26.2. The fourth-order valence-corrected chi connectivity index (χ4v) is 6.30. The second-order valence-electron chi connectivity index (χ2n) is 7.48. The molecular formula is C19H26N4OS2. The molecule has 5 nitrogen and oxygen atoms in total. The van der Waals surface area contributed by atoms with E-state index in [-0.39, 0.29) is 5.91 Å². The molecule has 2 aliphatic rings. The summed E-state index contributed by atoms with van der Waals surface area (Å²) in [6.07, 6.45) is 7.46. The van der Waals surface area contributed by atoms with Crippen LogP contribution in [0.25, 0.3) is 10.2 Å². The van der Waals surface area contributed by atoms with Gasteiger partial charge in [-0.1, -0.05) is 24.6 Å². The number of nitrogens with zero attached hydrogens (tertiary/aromatic N) is 3. The summed E-state index contributed by atoms with van der Waals surface area (Å²) in [7, 11) is 0. The van der Waals surface area contributed by atoms with Crippen molar-refractivity contribution in [3.63, 3.8) is 0 Å². The molecule has 2 aromatic heterocycles. The van der Waals surface area contributed by atoms with E-state index in [0.717, 1.165) is 28.7 Å². The molecule has 7 heteroatoms. The van der Waals surface area contributed by atoms with Crippen LogP contribution in [0.3, 0.4) is 0 Å². The minimum atomic E-state index is 0.229. The summed E-state index contributed by atoms with van der Waals surface area (Å²) in [6.45, 7) is 5.04. The van der Waals surface area contributed by atoms with Gasteiger partial charge in [0.25, 0.3) is 0 Å². The molecule has 0 spiro atoms. The SMILES string of the molecule is Cc1sc2nc(SCC(=O)N3CCCC4CCCCC43)nc(N)c2c1C. The number of aryl methyl sites for hydroxylation is 2. The number of carbonyl (C=O) groups excluding carboxylic acids is 1. The molecule has 0 bridgehead atoms. The largest absolute Gasteiger partial charge is 0.383 e. The molecular weight excluding hydrogens is 364 g/mol. The van der Waals surface area contributed by atoms with E-state index >= 15 is 0 Å². The van der Waals surface area contributed by atoms with Crippen molar-refractivity contribution in [3.8, 4) is 0 Å². The third kappa shape index (κ3) is 3.31. The van der Waals surface area contributed by atoms with Crippen LogP contribution >= 0.6 is 23.1 Å². The van der Waals surface area contributed by atoms with Crippen LogP contribution < -0.4 is 5.73 Å². The van der Waals surface area contributed by atoms with E-state index in [1.54, 1.807) is 11.3 Å². The smallest absolute Gasteiger partial charge is 0.233 e. The Bertz CT molecular complexity index is 833. The molecule has 2 unspecified atom stereocenters. The van der Waals surface area contributed by atoms with Crippen molar-refractivity contribution >= 4 is 45.0 Å². The van der Waals surface area contributed by atoms with Gasteiger partial charge in [0.05, 0.1) is 11.1 Å². The van der Waals surface area contributed by atoms with Crippen LogP contribution in [-0.4, -0.2) is 39.1 Å². The Kier molecular flexibility index (Phi) is 5.10. The molecule has 1 aliphatic carbocycles. The molecule has 26 heavy (non-hydrogen) atoms. The Morgan fingerprint density at radius 3 is 2.85 bits per heavy atom. The molecule has 2 fully saturated rings. The fraction of sp³-hybridized carbons (Fsp3) is 0.632. The number of fused-ring (bicyclic) bond motifs is 2. The zero-order chi connectivity index (χ0) is 18.3. The second kappa shape index (κ2) is 7.35. The van der Waals surface area contributed by atoms with E-state index < -0.39 is 0 Å². The number of aromatic nitrogens is 2. The van der Waals surface area contributed by atoms with Gasteiger partial charge in [0.2, 0.25) is 5.91 Å². The average molecular weight is 391 g/mol. The number of thioether (sulfide) groups is 1. The zero-order valence-corrected chi connectivity index (χ0v) is 17.1. The van der Waals surface area contributed by atoms with Gasteiger partial charge in [-0.15, -0.1) is 11.3 Å². The maximum atomic E-state index is 12.9. The van der Waals surface area contributed by atoms with Gasteiger partial charge in [0.1, 0.15) is 10.6 Å². The van der Waals surface area contributed by atoms with Crippen LogP contribution in [0.5, 0.6) is 0 Å². The highest BCUT2D eigenvalue weighted by Gasteiger charge is 2.35. The number of piperidine rings is 1. The molecule has 3 heterocycles. The number of nitrogen functional groups attached to an aromatic ring is 1. The first-order valence-corrected chi connectivity index (χ1v) is 11.3. The third-order valence-electron chi connectivity index (χ3n) is 5.92. The third-order valence-corrected chi connectivity index (χ3v) is 7.86. The monoisotopic (exact) mass is 390 g/mol. The number of carbonyl (C=O) groups is 1. The van der Waals surface area contributed by atoms with Gasteiger partial charge in [-0.25, -0.2) is 9.97 Å². The Hall–Kier alpha value is -1.34. The summed E-state index contributed by atoms with van der Waals surface area (Å²) in [5, 5.41) is 1.58. The van der Waals surface area contributed by atoms with Crippen LogP contribution in [0.4, 0.5) is 5.82 Å². The van der Waals surface area contributed by atoms with E-state index in [1.165, 1.54) is 48.7 Å². The summed E-state index contributed by atoms with van der Waals surface area (Å²) in [5.74, 6) is 1.87. The normalized spacial score (nSPS) is 23.2. The molecule has 0 radical (unpaired) electrons. The molecule has 1 saturated carbocycles.